The summed E-state index contributed by atoms with van der Waals surface area (Å²) < 4.78 is 10.9. The Kier molecular flexibility index (Phi) is 3.96. The molecule has 0 aromatic carbocycles. The number of amides is 2. The van der Waals surface area contributed by atoms with Gasteiger partial charge in [-0.05, 0) is 37.8 Å². The van der Waals surface area contributed by atoms with Crippen molar-refractivity contribution in [1.29, 1.82) is 0 Å². The van der Waals surface area contributed by atoms with Crippen LogP contribution in [0.4, 0.5) is 10.5 Å². The lowest BCUT2D eigenvalue weighted by atomic mass is 10.1. The topological polar surface area (TPSA) is 63.7 Å². The fourth-order valence-corrected chi connectivity index (χ4v) is 3.17. The van der Waals surface area contributed by atoms with Gasteiger partial charge in [-0.1, -0.05) is 0 Å². The second-order valence-corrected chi connectivity index (χ2v) is 5.60. The van der Waals surface area contributed by atoms with Crippen LogP contribution in [0.25, 0.3) is 0 Å². The minimum absolute atomic E-state index is 0.0964. The summed E-state index contributed by atoms with van der Waals surface area (Å²) in [5, 5.41) is 2.93. The van der Waals surface area contributed by atoms with Gasteiger partial charge in [0.25, 0.3) is 0 Å². The molecule has 2 fully saturated rings. The number of methoxy groups -OCH3 is 1. The van der Waals surface area contributed by atoms with E-state index in [1.807, 2.05) is 17.9 Å². The Labute approximate surface area is 124 Å². The van der Waals surface area contributed by atoms with Crippen molar-refractivity contribution in [3.8, 4) is 5.88 Å². The summed E-state index contributed by atoms with van der Waals surface area (Å²) in [7, 11) is 1.55. The maximum atomic E-state index is 12.6. The molecule has 1 aromatic rings. The van der Waals surface area contributed by atoms with E-state index in [9.17, 15) is 4.79 Å². The number of aromatic nitrogens is 1. The quantitative estimate of drug-likeness (QED) is 0.907. The summed E-state index contributed by atoms with van der Waals surface area (Å²) in [5.41, 5.74) is 1.59. The number of fused-ring (bicyclic) bond motifs is 1. The predicted molar refractivity (Wildman–Crippen MR) is 78.6 cm³/mol. The number of nitrogens with one attached hydrogen (secondary N) is 1. The molecule has 0 bridgehead atoms. The van der Waals surface area contributed by atoms with Crippen molar-refractivity contribution < 1.29 is 14.3 Å². The Morgan fingerprint density at radius 1 is 1.52 bits per heavy atom. The average Bonchev–Trinajstić information content (AvgIpc) is 2.95. The van der Waals surface area contributed by atoms with Gasteiger partial charge in [-0.25, -0.2) is 9.78 Å². The number of pyridine rings is 1. The molecule has 1 N–H and O–H groups in total. The Bertz CT molecular complexity index is 535. The van der Waals surface area contributed by atoms with Crippen molar-refractivity contribution in [1.82, 2.24) is 9.88 Å². The molecule has 0 spiro atoms. The summed E-state index contributed by atoms with van der Waals surface area (Å²) in [6.45, 7) is 3.18. The Balaban J connectivity index is 1.75. The Hall–Kier alpha value is -1.82. The van der Waals surface area contributed by atoms with Gasteiger partial charge in [0.05, 0.1) is 25.9 Å². The zero-order valence-electron chi connectivity index (χ0n) is 12.5. The van der Waals surface area contributed by atoms with Gasteiger partial charge in [0, 0.05) is 12.7 Å². The third kappa shape index (κ3) is 2.81. The van der Waals surface area contributed by atoms with Gasteiger partial charge < -0.3 is 19.7 Å². The molecule has 2 amide bonds. The lowest BCUT2D eigenvalue weighted by molar-refractivity contribution is -0.0362. The maximum Gasteiger partial charge on any atom is 0.322 e. The molecule has 1 saturated heterocycles. The van der Waals surface area contributed by atoms with E-state index >= 15 is 0 Å². The molecule has 6 heteroatoms. The van der Waals surface area contributed by atoms with Crippen LogP contribution < -0.4 is 10.1 Å². The molecule has 2 aliphatic rings. The highest BCUT2D eigenvalue weighted by molar-refractivity contribution is 5.91. The largest absolute Gasteiger partial charge is 0.480 e. The number of aryl methyl sites for hydroxylation is 1. The summed E-state index contributed by atoms with van der Waals surface area (Å²) in [5.74, 6) is 0.435. The molecular weight excluding hydrogens is 270 g/mol. The molecule has 2 heterocycles. The highest BCUT2D eigenvalue weighted by Gasteiger charge is 2.38. The van der Waals surface area contributed by atoms with Crippen molar-refractivity contribution in [2.75, 3.05) is 25.6 Å². The van der Waals surface area contributed by atoms with Gasteiger partial charge in [-0.15, -0.1) is 0 Å². The van der Waals surface area contributed by atoms with Crippen molar-refractivity contribution in [3.63, 3.8) is 0 Å². The number of carbonyl (C=O) groups excluding carboxylic acids is 1. The van der Waals surface area contributed by atoms with E-state index in [-0.39, 0.29) is 18.2 Å². The number of carbonyl (C=O) groups is 1. The first kappa shape index (κ1) is 14.1. The predicted octanol–water partition coefficient (Wildman–Crippen LogP) is 2.18. The minimum Gasteiger partial charge on any atom is -0.480 e. The molecule has 0 radical (unpaired) electrons. The number of hydrogen-bond donors (Lipinski definition) is 1. The molecule has 0 unspecified atom stereocenters. The summed E-state index contributed by atoms with van der Waals surface area (Å²) in [6.07, 6.45) is 5.09. The fourth-order valence-electron chi connectivity index (χ4n) is 3.17. The average molecular weight is 291 g/mol. The highest BCUT2D eigenvalue weighted by atomic mass is 16.5. The zero-order chi connectivity index (χ0) is 14.8. The molecule has 3 rings (SSSR count). The van der Waals surface area contributed by atoms with E-state index in [0.29, 0.717) is 24.7 Å². The number of nitrogens with zero attached hydrogens (tertiary/aromatic N) is 2. The third-order valence-electron chi connectivity index (χ3n) is 4.17. The van der Waals surface area contributed by atoms with Gasteiger partial charge in [-0.3, -0.25) is 0 Å². The lowest BCUT2D eigenvalue weighted by Crippen LogP contribution is -2.52. The van der Waals surface area contributed by atoms with Crippen LogP contribution in [-0.2, 0) is 4.74 Å². The zero-order valence-corrected chi connectivity index (χ0v) is 12.5. The van der Waals surface area contributed by atoms with Crippen LogP contribution in [0, 0.1) is 6.92 Å². The van der Waals surface area contributed by atoms with Crippen molar-refractivity contribution >= 4 is 11.7 Å². The number of rotatable bonds is 2. The third-order valence-corrected chi connectivity index (χ3v) is 4.17. The maximum absolute atomic E-state index is 12.6. The first-order chi connectivity index (χ1) is 10.2. The van der Waals surface area contributed by atoms with Gasteiger partial charge in [0.2, 0.25) is 5.88 Å². The minimum atomic E-state index is -0.0964. The Morgan fingerprint density at radius 3 is 3.19 bits per heavy atom. The van der Waals surface area contributed by atoms with Gasteiger partial charge in [-0.2, -0.15) is 0 Å². The van der Waals surface area contributed by atoms with Crippen LogP contribution in [-0.4, -0.2) is 48.3 Å². The number of hydrogen-bond acceptors (Lipinski definition) is 4. The van der Waals surface area contributed by atoms with Crippen molar-refractivity contribution in [2.24, 2.45) is 0 Å². The normalized spacial score (nSPS) is 24.6. The van der Waals surface area contributed by atoms with E-state index in [1.165, 1.54) is 0 Å². The summed E-state index contributed by atoms with van der Waals surface area (Å²) in [4.78, 5) is 18.6. The fraction of sp³-hybridized carbons (Fsp3) is 0.600. The number of urea groups is 1. The van der Waals surface area contributed by atoms with E-state index in [2.05, 4.69) is 10.3 Å². The van der Waals surface area contributed by atoms with Crippen LogP contribution in [0.2, 0.25) is 0 Å². The van der Waals surface area contributed by atoms with Gasteiger partial charge in [0.1, 0.15) is 5.69 Å². The van der Waals surface area contributed by atoms with E-state index in [0.717, 1.165) is 24.8 Å². The second kappa shape index (κ2) is 5.89. The second-order valence-electron chi connectivity index (χ2n) is 5.60. The number of ether oxygens (including phenoxy) is 2. The van der Waals surface area contributed by atoms with Gasteiger partial charge in [0.15, 0.2) is 0 Å². The van der Waals surface area contributed by atoms with E-state index < -0.39 is 0 Å². The summed E-state index contributed by atoms with van der Waals surface area (Å²) >= 11 is 0. The molecule has 1 aliphatic carbocycles. The molecule has 2 atom stereocenters. The summed E-state index contributed by atoms with van der Waals surface area (Å²) in [6, 6.07) is 1.97. The molecule has 1 aromatic heterocycles. The molecule has 1 aliphatic heterocycles. The van der Waals surface area contributed by atoms with Crippen LogP contribution >= 0.6 is 0 Å². The standard InChI is InChI=1S/C15H21N3O3/c1-10-8-11(14(20-2)16-9-10)17-15(19)18-6-7-21-13-5-3-4-12(13)18/h8-9,12-13H,3-7H2,1-2H3,(H,17,19)/t12-,13-/m1/s1. The molecule has 6 nitrogen and oxygen atoms in total. The van der Waals surface area contributed by atoms with Gasteiger partial charge >= 0.3 is 6.03 Å². The smallest absolute Gasteiger partial charge is 0.322 e. The van der Waals surface area contributed by atoms with Crippen LogP contribution in [0.5, 0.6) is 5.88 Å². The number of anilines is 1. The lowest BCUT2D eigenvalue weighted by Gasteiger charge is -2.37. The Morgan fingerprint density at radius 2 is 2.38 bits per heavy atom. The molecule has 114 valence electrons. The molecular formula is C15H21N3O3. The van der Waals surface area contributed by atoms with E-state index in [1.54, 1.807) is 13.3 Å². The highest BCUT2D eigenvalue weighted by Crippen LogP contribution is 2.30. The molecule has 21 heavy (non-hydrogen) atoms. The SMILES string of the molecule is COc1ncc(C)cc1NC(=O)N1CCO[C@@H]2CCC[C@H]21. The van der Waals surface area contributed by atoms with Crippen LogP contribution in [0.1, 0.15) is 24.8 Å². The van der Waals surface area contributed by atoms with Crippen molar-refractivity contribution in [2.45, 2.75) is 38.3 Å². The first-order valence-electron chi connectivity index (χ1n) is 7.39. The molecule has 1 saturated carbocycles. The van der Waals surface area contributed by atoms with Crippen LogP contribution in [0.15, 0.2) is 12.3 Å². The van der Waals surface area contributed by atoms with Crippen LogP contribution in [0.3, 0.4) is 0 Å². The van der Waals surface area contributed by atoms with Crippen molar-refractivity contribution in [3.05, 3.63) is 17.8 Å². The monoisotopic (exact) mass is 291 g/mol. The first-order valence-corrected chi connectivity index (χ1v) is 7.39. The number of morpholine rings is 1. The van der Waals surface area contributed by atoms with E-state index in [4.69, 9.17) is 9.47 Å².